The van der Waals surface area contributed by atoms with Crippen LogP contribution in [0.25, 0.3) is 0 Å². The van der Waals surface area contributed by atoms with Crippen LogP contribution in [-0.4, -0.2) is 17.1 Å². The highest BCUT2D eigenvalue weighted by atomic mass is 16.3. The Morgan fingerprint density at radius 1 is 1.57 bits per heavy atom. The Kier molecular flexibility index (Phi) is 1.95. The number of carbonyl (C=O) groups excluding carboxylic acids is 1. The van der Waals surface area contributed by atoms with Crippen molar-refractivity contribution in [3.63, 3.8) is 0 Å². The van der Waals surface area contributed by atoms with Crippen molar-refractivity contribution in [2.75, 3.05) is 4.90 Å². The molecule has 3 heteroatoms. The molecule has 1 amide bonds. The van der Waals surface area contributed by atoms with E-state index in [9.17, 15) is 9.90 Å². The van der Waals surface area contributed by atoms with E-state index >= 15 is 0 Å². The average Bonchev–Trinajstić information content (AvgIpc) is 2.39. The summed E-state index contributed by atoms with van der Waals surface area (Å²) >= 11 is 0. The van der Waals surface area contributed by atoms with Crippen LogP contribution in [-0.2, 0) is 11.2 Å². The zero-order chi connectivity index (χ0) is 10.3. The van der Waals surface area contributed by atoms with Crippen LogP contribution in [0, 0.1) is 0 Å². The molecule has 2 rings (SSSR count). The van der Waals surface area contributed by atoms with Crippen LogP contribution < -0.4 is 4.90 Å². The molecule has 0 fully saturated rings. The topological polar surface area (TPSA) is 40.5 Å². The Morgan fingerprint density at radius 2 is 2.29 bits per heavy atom. The summed E-state index contributed by atoms with van der Waals surface area (Å²) in [5, 5.41) is 9.30. The van der Waals surface area contributed by atoms with E-state index in [4.69, 9.17) is 0 Å². The molecule has 0 bridgehead atoms. The number of benzene rings is 1. The number of hydrogen-bond acceptors (Lipinski definition) is 2. The Morgan fingerprint density at radius 3 is 2.93 bits per heavy atom. The fraction of sp³-hybridized carbons (Fsp3) is 0.364. The van der Waals surface area contributed by atoms with Gasteiger partial charge in [-0.1, -0.05) is 0 Å². The molecule has 14 heavy (non-hydrogen) atoms. The van der Waals surface area contributed by atoms with Gasteiger partial charge < -0.3 is 10.0 Å². The van der Waals surface area contributed by atoms with Crippen LogP contribution in [0.15, 0.2) is 18.2 Å². The van der Waals surface area contributed by atoms with Crippen molar-refractivity contribution in [3.8, 4) is 5.75 Å². The largest absolute Gasteiger partial charge is 0.508 e. The van der Waals surface area contributed by atoms with Crippen LogP contribution in [0.3, 0.4) is 0 Å². The number of rotatable bonds is 0. The summed E-state index contributed by atoms with van der Waals surface area (Å²) in [6.45, 7) is 3.58. The molecule has 0 radical (unpaired) electrons. The summed E-state index contributed by atoms with van der Waals surface area (Å²) in [6.07, 6.45) is 0.823. The van der Waals surface area contributed by atoms with E-state index in [2.05, 4.69) is 0 Å². The van der Waals surface area contributed by atoms with E-state index in [-0.39, 0.29) is 17.7 Å². The normalized spacial score (nSPS) is 19.6. The van der Waals surface area contributed by atoms with Gasteiger partial charge in [-0.25, -0.2) is 0 Å². The first-order valence-electron chi connectivity index (χ1n) is 4.71. The second-order valence-electron chi connectivity index (χ2n) is 3.76. The smallest absolute Gasteiger partial charge is 0.224 e. The number of fused-ring (bicyclic) bond motifs is 1. The predicted molar refractivity (Wildman–Crippen MR) is 54.4 cm³/mol. The lowest BCUT2D eigenvalue weighted by Crippen LogP contribution is -2.33. The quantitative estimate of drug-likeness (QED) is 0.678. The highest BCUT2D eigenvalue weighted by molar-refractivity contribution is 5.94. The number of hydrogen-bond donors (Lipinski definition) is 1. The lowest BCUT2D eigenvalue weighted by atomic mass is 10.1. The van der Waals surface area contributed by atoms with Gasteiger partial charge in [-0.3, -0.25) is 4.79 Å². The predicted octanol–water partition coefficient (Wildman–Crippen LogP) is 1.69. The molecule has 0 unspecified atom stereocenters. The van der Waals surface area contributed by atoms with Crippen LogP contribution in [0.2, 0.25) is 0 Å². The molecule has 1 heterocycles. The minimum absolute atomic E-state index is 0.0574. The highest BCUT2D eigenvalue weighted by Gasteiger charge is 2.28. The Hall–Kier alpha value is -1.51. The second kappa shape index (κ2) is 3.01. The van der Waals surface area contributed by atoms with Crippen LogP contribution >= 0.6 is 0 Å². The lowest BCUT2D eigenvalue weighted by molar-refractivity contribution is -0.116. The van der Waals surface area contributed by atoms with Gasteiger partial charge in [-0.05, 0) is 37.1 Å². The summed E-state index contributed by atoms with van der Waals surface area (Å²) in [5.41, 5.74) is 1.98. The molecule has 1 aromatic rings. The zero-order valence-electron chi connectivity index (χ0n) is 8.32. The summed E-state index contributed by atoms with van der Waals surface area (Å²) < 4.78 is 0. The maximum Gasteiger partial charge on any atom is 0.224 e. The van der Waals surface area contributed by atoms with Gasteiger partial charge in [0.2, 0.25) is 5.91 Å². The van der Waals surface area contributed by atoms with Crippen LogP contribution in [0.5, 0.6) is 5.75 Å². The molecule has 0 aromatic heterocycles. The number of nitrogens with zero attached hydrogens (tertiary/aromatic N) is 1. The highest BCUT2D eigenvalue weighted by Crippen LogP contribution is 2.34. The molecule has 1 N–H and O–H groups in total. The number of aromatic hydroxyl groups is 1. The zero-order valence-corrected chi connectivity index (χ0v) is 8.32. The third-order valence-corrected chi connectivity index (χ3v) is 2.62. The first-order valence-corrected chi connectivity index (χ1v) is 4.71. The van der Waals surface area contributed by atoms with Crippen molar-refractivity contribution in [3.05, 3.63) is 23.8 Å². The first kappa shape index (κ1) is 9.06. The number of carbonyl (C=O) groups is 1. The molecular formula is C11H13NO2. The molecule has 1 aliphatic rings. The van der Waals surface area contributed by atoms with Crippen LogP contribution in [0.4, 0.5) is 5.69 Å². The molecule has 0 saturated heterocycles. The maximum atomic E-state index is 11.4. The van der Waals surface area contributed by atoms with Gasteiger partial charge in [0.1, 0.15) is 5.75 Å². The van der Waals surface area contributed by atoms with E-state index in [0.29, 0.717) is 0 Å². The Labute approximate surface area is 83.0 Å². The van der Waals surface area contributed by atoms with Gasteiger partial charge >= 0.3 is 0 Å². The van der Waals surface area contributed by atoms with Gasteiger partial charge in [0.05, 0.1) is 0 Å². The van der Waals surface area contributed by atoms with E-state index in [1.165, 1.54) is 0 Å². The lowest BCUT2D eigenvalue weighted by Gasteiger charge is -2.20. The van der Waals surface area contributed by atoms with E-state index in [0.717, 1.165) is 17.7 Å². The first-order chi connectivity index (χ1) is 6.59. The molecule has 3 nitrogen and oxygen atoms in total. The SMILES string of the molecule is CC(=O)N1c2ccc(O)cc2C[C@H]1C. The number of phenolic OH excluding ortho intramolecular Hbond substituents is 1. The molecular weight excluding hydrogens is 178 g/mol. The molecule has 1 aromatic carbocycles. The molecule has 74 valence electrons. The minimum Gasteiger partial charge on any atom is -0.508 e. The van der Waals surface area contributed by atoms with E-state index in [1.54, 1.807) is 30.0 Å². The van der Waals surface area contributed by atoms with Crippen molar-refractivity contribution < 1.29 is 9.90 Å². The summed E-state index contributed by atoms with van der Waals surface area (Å²) in [6, 6.07) is 5.35. The van der Waals surface area contributed by atoms with Crippen LogP contribution in [0.1, 0.15) is 19.4 Å². The third kappa shape index (κ3) is 1.25. The van der Waals surface area contributed by atoms with E-state index in [1.807, 2.05) is 6.92 Å². The summed E-state index contributed by atoms with van der Waals surface area (Å²) in [5.74, 6) is 0.322. The molecule has 1 atom stereocenters. The van der Waals surface area contributed by atoms with Crippen molar-refractivity contribution in [2.45, 2.75) is 26.3 Å². The second-order valence-corrected chi connectivity index (χ2v) is 3.76. The summed E-state index contributed by atoms with van der Waals surface area (Å²) in [7, 11) is 0. The van der Waals surface area contributed by atoms with Gasteiger partial charge in [0.25, 0.3) is 0 Å². The number of phenols is 1. The average molecular weight is 191 g/mol. The third-order valence-electron chi connectivity index (χ3n) is 2.62. The van der Waals surface area contributed by atoms with Crippen molar-refractivity contribution in [1.29, 1.82) is 0 Å². The fourth-order valence-corrected chi connectivity index (χ4v) is 2.10. The van der Waals surface area contributed by atoms with Gasteiger partial charge in [-0.15, -0.1) is 0 Å². The molecule has 0 aliphatic carbocycles. The minimum atomic E-state index is 0.0574. The Balaban J connectivity index is 2.48. The van der Waals surface area contributed by atoms with Gasteiger partial charge in [-0.2, -0.15) is 0 Å². The number of anilines is 1. The summed E-state index contributed by atoms with van der Waals surface area (Å²) in [4.78, 5) is 13.1. The molecule has 1 aliphatic heterocycles. The van der Waals surface area contributed by atoms with E-state index < -0.39 is 0 Å². The standard InChI is InChI=1S/C11H13NO2/c1-7-5-9-6-10(14)3-4-11(9)12(7)8(2)13/h3-4,6-7,14H,5H2,1-2H3/t7-/m1/s1. The van der Waals surface area contributed by atoms with Crippen molar-refractivity contribution in [2.24, 2.45) is 0 Å². The fourth-order valence-electron chi connectivity index (χ4n) is 2.10. The maximum absolute atomic E-state index is 11.4. The van der Waals surface area contributed by atoms with Gasteiger partial charge in [0.15, 0.2) is 0 Å². The van der Waals surface area contributed by atoms with Crippen molar-refractivity contribution in [1.82, 2.24) is 0 Å². The van der Waals surface area contributed by atoms with Crippen molar-refractivity contribution >= 4 is 11.6 Å². The number of amides is 1. The monoisotopic (exact) mass is 191 g/mol. The Bertz CT molecular complexity index is 387. The molecule has 0 saturated carbocycles. The molecule has 0 spiro atoms. The van der Waals surface area contributed by atoms with Gasteiger partial charge in [0, 0.05) is 18.7 Å².